The molecule has 0 fully saturated rings. The fraction of sp³-hybridized carbons (Fsp3) is 0.476. The second-order valence-corrected chi connectivity index (χ2v) is 7.31. The molecule has 122 valence electrons. The first-order valence-electron chi connectivity index (χ1n) is 8.84. The van der Waals surface area contributed by atoms with Crippen LogP contribution in [0.15, 0.2) is 42.1 Å². The van der Waals surface area contributed by atoms with Crippen molar-refractivity contribution in [2.45, 2.75) is 53.4 Å². The Morgan fingerprint density at radius 2 is 2.13 bits per heavy atom. The number of hydrogen-bond donors (Lipinski definition) is 1. The fourth-order valence-electron chi connectivity index (χ4n) is 3.65. The largest absolute Gasteiger partial charge is 0.278 e. The highest BCUT2D eigenvalue weighted by Gasteiger charge is 2.25. The van der Waals surface area contributed by atoms with Crippen molar-refractivity contribution < 1.29 is 0 Å². The molecule has 2 atom stereocenters. The topological polar surface area (TPSA) is 28.7 Å². The smallest absolute Gasteiger partial charge is 0.0650 e. The molecular weight excluding hydrogens is 280 g/mol. The first-order valence-corrected chi connectivity index (χ1v) is 8.84. The molecule has 2 heteroatoms. The van der Waals surface area contributed by atoms with Crippen LogP contribution in [0.2, 0.25) is 0 Å². The van der Waals surface area contributed by atoms with Gasteiger partial charge in [0.05, 0.1) is 11.7 Å². The average molecular weight is 308 g/mol. The number of nitrogens with zero attached hydrogens (tertiary/aromatic N) is 1. The molecule has 0 aliphatic heterocycles. The molecule has 0 radical (unpaired) electrons. The van der Waals surface area contributed by atoms with Gasteiger partial charge in [-0.15, -0.1) is 0 Å². The van der Waals surface area contributed by atoms with Gasteiger partial charge in [0.15, 0.2) is 0 Å². The number of benzene rings is 1. The van der Waals surface area contributed by atoms with Gasteiger partial charge < -0.3 is 0 Å². The van der Waals surface area contributed by atoms with Crippen molar-refractivity contribution in [1.29, 1.82) is 0 Å². The van der Waals surface area contributed by atoms with Crippen LogP contribution in [0.25, 0.3) is 16.5 Å². The number of aromatic amines is 1. The Hall–Kier alpha value is -1.83. The van der Waals surface area contributed by atoms with Gasteiger partial charge in [-0.3, -0.25) is 5.10 Å². The quantitative estimate of drug-likeness (QED) is 0.664. The molecule has 2 unspecified atom stereocenters. The van der Waals surface area contributed by atoms with Crippen molar-refractivity contribution in [2.75, 3.05) is 0 Å². The zero-order valence-corrected chi connectivity index (χ0v) is 14.8. The number of hydrogen-bond acceptors (Lipinski definition) is 1. The van der Waals surface area contributed by atoms with Crippen molar-refractivity contribution >= 4 is 16.5 Å². The van der Waals surface area contributed by atoms with E-state index in [1.54, 1.807) is 5.57 Å². The summed E-state index contributed by atoms with van der Waals surface area (Å²) < 4.78 is 0. The van der Waals surface area contributed by atoms with E-state index in [0.717, 1.165) is 18.4 Å². The highest BCUT2D eigenvalue weighted by atomic mass is 15.1. The maximum Gasteiger partial charge on any atom is 0.0650 e. The van der Waals surface area contributed by atoms with Crippen LogP contribution in [0.5, 0.6) is 0 Å². The van der Waals surface area contributed by atoms with Crippen LogP contribution in [-0.4, -0.2) is 10.2 Å². The zero-order valence-electron chi connectivity index (χ0n) is 14.8. The monoisotopic (exact) mass is 308 g/mol. The Balaban J connectivity index is 1.96. The van der Waals surface area contributed by atoms with Crippen molar-refractivity contribution in [3.05, 3.63) is 47.7 Å². The Bertz CT molecular complexity index is 750. The number of allylic oxidation sites excluding steroid dienone is 4. The Morgan fingerprint density at radius 1 is 1.30 bits per heavy atom. The third-order valence-electron chi connectivity index (χ3n) is 5.87. The number of rotatable bonds is 2. The summed E-state index contributed by atoms with van der Waals surface area (Å²) in [6.07, 6.45) is 11.6. The Morgan fingerprint density at radius 3 is 2.91 bits per heavy atom. The van der Waals surface area contributed by atoms with Crippen molar-refractivity contribution in [1.82, 2.24) is 10.2 Å². The minimum Gasteiger partial charge on any atom is -0.278 e. The van der Waals surface area contributed by atoms with E-state index in [4.69, 9.17) is 0 Å². The maximum atomic E-state index is 4.14. The SMILES string of the molecule is CCC1(C)CCC=C(c2ccc3[nH]ncc3c2)C(C)CC=C1C. The maximum absolute atomic E-state index is 4.14. The molecule has 1 aliphatic carbocycles. The minimum absolute atomic E-state index is 0.347. The lowest BCUT2D eigenvalue weighted by Crippen LogP contribution is -2.16. The molecule has 2 aromatic rings. The Kier molecular flexibility index (Phi) is 4.43. The lowest BCUT2D eigenvalue weighted by molar-refractivity contribution is 0.353. The van der Waals surface area contributed by atoms with Crippen LogP contribution in [0.3, 0.4) is 0 Å². The summed E-state index contributed by atoms with van der Waals surface area (Å²) in [7, 11) is 0. The fourth-order valence-corrected chi connectivity index (χ4v) is 3.65. The summed E-state index contributed by atoms with van der Waals surface area (Å²) >= 11 is 0. The molecule has 1 heterocycles. The molecule has 1 N–H and O–H groups in total. The van der Waals surface area contributed by atoms with Gasteiger partial charge in [0.2, 0.25) is 0 Å². The van der Waals surface area contributed by atoms with Crippen LogP contribution in [-0.2, 0) is 0 Å². The molecule has 3 rings (SSSR count). The molecule has 1 aromatic carbocycles. The van der Waals surface area contributed by atoms with E-state index in [2.05, 4.69) is 68.2 Å². The van der Waals surface area contributed by atoms with Gasteiger partial charge in [0, 0.05) is 5.39 Å². The number of fused-ring (bicyclic) bond motifs is 1. The summed E-state index contributed by atoms with van der Waals surface area (Å²) in [4.78, 5) is 0. The first-order chi connectivity index (χ1) is 11.0. The lowest BCUT2D eigenvalue weighted by Gasteiger charge is -2.29. The summed E-state index contributed by atoms with van der Waals surface area (Å²) in [5, 5.41) is 8.37. The van der Waals surface area contributed by atoms with Gasteiger partial charge in [-0.1, -0.05) is 44.6 Å². The molecule has 0 amide bonds. The minimum atomic E-state index is 0.347. The first kappa shape index (κ1) is 16.0. The third-order valence-corrected chi connectivity index (χ3v) is 5.87. The summed E-state index contributed by atoms with van der Waals surface area (Å²) in [6, 6.07) is 6.65. The van der Waals surface area contributed by atoms with Crippen LogP contribution < -0.4 is 0 Å². The third kappa shape index (κ3) is 3.12. The molecule has 23 heavy (non-hydrogen) atoms. The highest BCUT2D eigenvalue weighted by Crippen LogP contribution is 2.39. The molecule has 0 saturated carbocycles. The predicted molar refractivity (Wildman–Crippen MR) is 99.2 cm³/mol. The van der Waals surface area contributed by atoms with Crippen LogP contribution in [0.1, 0.15) is 58.9 Å². The number of nitrogens with one attached hydrogen (secondary N) is 1. The molecule has 0 bridgehead atoms. The van der Waals surface area contributed by atoms with E-state index in [1.165, 1.54) is 29.4 Å². The van der Waals surface area contributed by atoms with Gasteiger partial charge in [-0.2, -0.15) is 5.10 Å². The van der Waals surface area contributed by atoms with E-state index in [0.29, 0.717) is 11.3 Å². The molecule has 1 aromatic heterocycles. The van der Waals surface area contributed by atoms with E-state index in [-0.39, 0.29) is 0 Å². The standard InChI is InChI=1S/C21H28N2/c1-5-21(4)12-6-7-19(15(2)8-9-16(21)3)17-10-11-20-18(13-17)14-22-23-20/h7,9-11,13-15H,5-6,8,12H2,1-4H3,(H,22,23). The summed E-state index contributed by atoms with van der Waals surface area (Å²) in [5.74, 6) is 0.550. The lowest BCUT2D eigenvalue weighted by atomic mass is 9.76. The van der Waals surface area contributed by atoms with E-state index < -0.39 is 0 Å². The molecule has 1 aliphatic rings. The van der Waals surface area contributed by atoms with Gasteiger partial charge >= 0.3 is 0 Å². The van der Waals surface area contributed by atoms with Crippen LogP contribution >= 0.6 is 0 Å². The summed E-state index contributed by atoms with van der Waals surface area (Å²) in [6.45, 7) is 9.40. The zero-order chi connectivity index (χ0) is 16.4. The second kappa shape index (κ2) is 6.35. The summed E-state index contributed by atoms with van der Waals surface area (Å²) in [5.41, 5.74) is 5.85. The Labute approximate surface area is 139 Å². The molecule has 0 saturated heterocycles. The van der Waals surface area contributed by atoms with Crippen molar-refractivity contribution in [3.63, 3.8) is 0 Å². The van der Waals surface area contributed by atoms with Gasteiger partial charge in [0.25, 0.3) is 0 Å². The predicted octanol–water partition coefficient (Wildman–Crippen LogP) is 6.13. The number of aromatic nitrogens is 2. The molecule has 2 nitrogen and oxygen atoms in total. The number of H-pyrrole nitrogens is 1. The van der Waals surface area contributed by atoms with Crippen LogP contribution in [0, 0.1) is 11.3 Å². The van der Waals surface area contributed by atoms with E-state index >= 15 is 0 Å². The molecular formula is C21H28N2. The van der Waals surface area contributed by atoms with Gasteiger partial charge in [0.1, 0.15) is 0 Å². The van der Waals surface area contributed by atoms with Crippen LogP contribution in [0.4, 0.5) is 0 Å². The van der Waals surface area contributed by atoms with Gasteiger partial charge in [-0.25, -0.2) is 0 Å². The normalized spacial score (nSPS) is 26.2. The van der Waals surface area contributed by atoms with Crippen molar-refractivity contribution in [2.24, 2.45) is 11.3 Å². The van der Waals surface area contributed by atoms with Gasteiger partial charge in [-0.05, 0) is 67.2 Å². The highest BCUT2D eigenvalue weighted by molar-refractivity contribution is 5.83. The second-order valence-electron chi connectivity index (χ2n) is 7.31. The molecule has 0 spiro atoms. The van der Waals surface area contributed by atoms with E-state index in [9.17, 15) is 0 Å². The van der Waals surface area contributed by atoms with E-state index in [1.807, 2.05) is 6.20 Å². The van der Waals surface area contributed by atoms with Crippen molar-refractivity contribution in [3.8, 4) is 0 Å². The average Bonchev–Trinajstić information content (AvgIpc) is 3.04.